The summed E-state index contributed by atoms with van der Waals surface area (Å²) in [5.74, 6) is -0.356. The molecule has 0 saturated carbocycles. The summed E-state index contributed by atoms with van der Waals surface area (Å²) >= 11 is 0. The van der Waals surface area contributed by atoms with Crippen molar-refractivity contribution >= 4 is 12.0 Å². The highest BCUT2D eigenvalue weighted by Crippen LogP contribution is 2.48. The van der Waals surface area contributed by atoms with E-state index < -0.39 is 22.9 Å². The first-order valence-corrected chi connectivity index (χ1v) is 8.56. The van der Waals surface area contributed by atoms with E-state index in [1.807, 2.05) is 18.9 Å². The Kier molecular flexibility index (Phi) is 6.23. The molecule has 2 N–H and O–H groups in total. The fourth-order valence-electron chi connectivity index (χ4n) is 2.68. The van der Waals surface area contributed by atoms with Crippen molar-refractivity contribution in [3.05, 3.63) is 53.1 Å². The molecule has 0 saturated heterocycles. The molecule has 0 spiro atoms. The van der Waals surface area contributed by atoms with Crippen LogP contribution in [-0.2, 0) is 5.60 Å². The van der Waals surface area contributed by atoms with Crippen LogP contribution < -0.4 is 4.74 Å². The maximum absolute atomic E-state index is 14.0. The third-order valence-electron chi connectivity index (χ3n) is 4.50. The molecular formula is C20H23F3N2O3. The van der Waals surface area contributed by atoms with Crippen LogP contribution in [0.4, 0.5) is 18.9 Å². The lowest BCUT2D eigenvalue weighted by molar-refractivity contribution is -0.248. The zero-order valence-electron chi connectivity index (χ0n) is 16.1. The van der Waals surface area contributed by atoms with Crippen molar-refractivity contribution in [1.82, 2.24) is 4.90 Å². The van der Waals surface area contributed by atoms with Crippen LogP contribution in [-0.4, -0.2) is 48.3 Å². The van der Waals surface area contributed by atoms with Crippen LogP contribution in [0.2, 0.25) is 0 Å². The number of hydrogen-bond donors (Lipinski definition) is 2. The van der Waals surface area contributed by atoms with Gasteiger partial charge in [-0.05, 0) is 43.2 Å². The highest BCUT2D eigenvalue weighted by Gasteiger charge is 2.57. The molecule has 152 valence electrons. The quantitative estimate of drug-likeness (QED) is 0.570. The van der Waals surface area contributed by atoms with Gasteiger partial charge in [0.2, 0.25) is 5.60 Å². The van der Waals surface area contributed by atoms with Crippen molar-refractivity contribution in [2.75, 3.05) is 20.7 Å². The van der Waals surface area contributed by atoms with Crippen molar-refractivity contribution in [3.8, 4) is 11.5 Å². The molecule has 8 heteroatoms. The fraction of sp³-hybridized carbons (Fsp3) is 0.350. The second-order valence-corrected chi connectivity index (χ2v) is 6.41. The van der Waals surface area contributed by atoms with Gasteiger partial charge in [-0.3, -0.25) is 0 Å². The van der Waals surface area contributed by atoms with Gasteiger partial charge < -0.3 is 19.8 Å². The van der Waals surface area contributed by atoms with Gasteiger partial charge in [-0.2, -0.15) is 13.2 Å². The number of phenolic OH excluding ortho intramolecular Hbond substituents is 1. The summed E-state index contributed by atoms with van der Waals surface area (Å²) in [7, 11) is 3.05. The summed E-state index contributed by atoms with van der Waals surface area (Å²) in [5, 5.41) is 20.2. The number of halogens is 3. The molecule has 2 aromatic rings. The third-order valence-corrected chi connectivity index (χ3v) is 4.50. The number of aliphatic imine (C=N–C) groups is 1. The van der Waals surface area contributed by atoms with Crippen molar-refractivity contribution in [3.63, 3.8) is 0 Å². The van der Waals surface area contributed by atoms with Crippen LogP contribution in [0.25, 0.3) is 0 Å². The minimum atomic E-state index is -5.03. The minimum Gasteiger partial charge on any atom is -0.508 e. The zero-order valence-corrected chi connectivity index (χ0v) is 16.1. The van der Waals surface area contributed by atoms with Gasteiger partial charge in [0.25, 0.3) is 0 Å². The third kappa shape index (κ3) is 4.06. The lowest BCUT2D eigenvalue weighted by Gasteiger charge is -2.33. The van der Waals surface area contributed by atoms with Crippen molar-refractivity contribution in [1.29, 1.82) is 0 Å². The average molecular weight is 396 g/mol. The van der Waals surface area contributed by atoms with E-state index in [9.17, 15) is 23.4 Å². The van der Waals surface area contributed by atoms with Crippen LogP contribution in [0.1, 0.15) is 23.6 Å². The smallest absolute Gasteiger partial charge is 0.425 e. The SMILES string of the molecule is CCN(C)/C=N/c1cc(OC)c(C(O)(c2ccc(O)cc2)C(F)(F)F)cc1C. The van der Waals surface area contributed by atoms with E-state index in [0.717, 1.165) is 24.3 Å². The number of ether oxygens (including phenoxy) is 1. The van der Waals surface area contributed by atoms with E-state index in [4.69, 9.17) is 4.74 Å². The summed E-state index contributed by atoms with van der Waals surface area (Å²) < 4.78 is 47.2. The Morgan fingerprint density at radius 2 is 1.79 bits per heavy atom. The molecule has 0 aliphatic rings. The Morgan fingerprint density at radius 3 is 2.29 bits per heavy atom. The second kappa shape index (κ2) is 8.10. The number of hydrogen-bond acceptors (Lipinski definition) is 4. The molecule has 0 bridgehead atoms. The maximum Gasteiger partial charge on any atom is 0.425 e. The molecule has 1 unspecified atom stereocenters. The zero-order chi connectivity index (χ0) is 21.1. The van der Waals surface area contributed by atoms with E-state index in [1.165, 1.54) is 19.2 Å². The molecule has 2 rings (SSSR count). The lowest BCUT2D eigenvalue weighted by atomic mass is 9.84. The molecular weight excluding hydrogens is 373 g/mol. The van der Waals surface area contributed by atoms with Crippen molar-refractivity contribution in [2.24, 2.45) is 4.99 Å². The number of phenols is 1. The Morgan fingerprint density at radius 1 is 1.18 bits per heavy atom. The Labute approximate surface area is 161 Å². The van der Waals surface area contributed by atoms with Gasteiger partial charge in [-0.1, -0.05) is 12.1 Å². The fourth-order valence-corrected chi connectivity index (χ4v) is 2.68. The molecule has 0 aliphatic carbocycles. The van der Waals surface area contributed by atoms with Gasteiger partial charge in [0, 0.05) is 25.2 Å². The van der Waals surface area contributed by atoms with Gasteiger partial charge in [0.1, 0.15) is 11.5 Å². The number of aryl methyl sites for hydroxylation is 1. The summed E-state index contributed by atoms with van der Waals surface area (Å²) in [6, 6.07) is 6.81. The largest absolute Gasteiger partial charge is 0.508 e. The molecule has 0 aromatic heterocycles. The van der Waals surface area contributed by atoms with E-state index in [1.54, 1.807) is 13.3 Å². The first-order chi connectivity index (χ1) is 13.0. The van der Waals surface area contributed by atoms with Crippen LogP contribution >= 0.6 is 0 Å². The van der Waals surface area contributed by atoms with Crippen LogP contribution in [0.3, 0.4) is 0 Å². The molecule has 1 atom stereocenters. The highest BCUT2D eigenvalue weighted by molar-refractivity contribution is 5.66. The first kappa shape index (κ1) is 21.6. The minimum absolute atomic E-state index is 0.148. The number of nitrogens with zero attached hydrogens (tertiary/aromatic N) is 2. The highest BCUT2D eigenvalue weighted by atomic mass is 19.4. The molecule has 0 fully saturated rings. The topological polar surface area (TPSA) is 65.3 Å². The predicted molar refractivity (Wildman–Crippen MR) is 101 cm³/mol. The Bertz CT molecular complexity index is 851. The summed E-state index contributed by atoms with van der Waals surface area (Å²) in [6.45, 7) is 4.26. The number of rotatable bonds is 6. The van der Waals surface area contributed by atoms with E-state index in [2.05, 4.69) is 4.99 Å². The average Bonchev–Trinajstić information content (AvgIpc) is 2.65. The van der Waals surface area contributed by atoms with Gasteiger partial charge in [0.05, 0.1) is 19.1 Å². The molecule has 0 amide bonds. The predicted octanol–water partition coefficient (Wildman–Crippen LogP) is 4.12. The maximum atomic E-state index is 14.0. The van der Waals surface area contributed by atoms with Crippen LogP contribution in [0.15, 0.2) is 41.4 Å². The summed E-state index contributed by atoms with van der Waals surface area (Å²) in [4.78, 5) is 6.09. The van der Waals surface area contributed by atoms with Gasteiger partial charge in [-0.15, -0.1) is 0 Å². The van der Waals surface area contributed by atoms with Crippen LogP contribution in [0.5, 0.6) is 11.5 Å². The monoisotopic (exact) mass is 396 g/mol. The number of benzene rings is 2. The Hall–Kier alpha value is -2.74. The second-order valence-electron chi connectivity index (χ2n) is 6.41. The lowest BCUT2D eigenvalue weighted by Crippen LogP contribution is -2.43. The van der Waals surface area contributed by atoms with Gasteiger partial charge >= 0.3 is 6.18 Å². The summed E-state index contributed by atoms with van der Waals surface area (Å²) in [5.41, 5.74) is -3.33. The van der Waals surface area contributed by atoms with Crippen molar-refractivity contribution < 1.29 is 28.1 Å². The molecule has 5 nitrogen and oxygen atoms in total. The van der Waals surface area contributed by atoms with Crippen LogP contribution in [0, 0.1) is 6.92 Å². The molecule has 0 aliphatic heterocycles. The molecule has 0 heterocycles. The number of aromatic hydroxyl groups is 1. The van der Waals surface area contributed by atoms with E-state index in [-0.39, 0.29) is 11.5 Å². The van der Waals surface area contributed by atoms with Gasteiger partial charge in [0.15, 0.2) is 0 Å². The molecule has 0 radical (unpaired) electrons. The molecule has 28 heavy (non-hydrogen) atoms. The summed E-state index contributed by atoms with van der Waals surface area (Å²) in [6.07, 6.45) is -3.46. The van der Waals surface area contributed by atoms with E-state index in [0.29, 0.717) is 17.8 Å². The van der Waals surface area contributed by atoms with E-state index >= 15 is 0 Å². The first-order valence-electron chi connectivity index (χ1n) is 8.56. The van der Waals surface area contributed by atoms with Crippen molar-refractivity contribution in [2.45, 2.75) is 25.6 Å². The number of alkyl halides is 3. The Balaban J connectivity index is 2.69. The van der Waals surface area contributed by atoms with Gasteiger partial charge in [-0.25, -0.2) is 4.99 Å². The number of aliphatic hydroxyl groups is 1. The molecule has 2 aromatic carbocycles. The normalized spacial score (nSPS) is 14.1. The standard InChI is InChI=1S/C20H23F3N2O3/c1-5-25(3)12-24-17-11-18(28-4)16(10-13(17)2)19(27,20(21,22)23)14-6-8-15(26)9-7-14/h6-12,26-27H,5H2,1-4H3/b24-12+. The number of methoxy groups -OCH3 is 1.